The van der Waals surface area contributed by atoms with E-state index in [4.69, 9.17) is 5.73 Å². The van der Waals surface area contributed by atoms with Crippen molar-refractivity contribution in [3.63, 3.8) is 0 Å². The number of hydrogen-bond donors (Lipinski definition) is 2. The third-order valence-corrected chi connectivity index (χ3v) is 3.18. The Balaban J connectivity index is 1.92. The molecule has 2 rings (SSSR count). The highest BCUT2D eigenvalue weighted by Crippen LogP contribution is 2.33. The molecule has 4 heteroatoms. The summed E-state index contributed by atoms with van der Waals surface area (Å²) in [5.41, 5.74) is 5.11. The second-order valence-corrected chi connectivity index (χ2v) is 4.87. The summed E-state index contributed by atoms with van der Waals surface area (Å²) in [7, 11) is 0. The number of likely N-dealkylation sites (tertiary alicyclic amines) is 1. The average Bonchev–Trinajstić information content (AvgIpc) is 2.89. The van der Waals surface area contributed by atoms with Crippen LogP contribution in [0.5, 0.6) is 0 Å². The van der Waals surface area contributed by atoms with Crippen LogP contribution < -0.4 is 5.73 Å². The Morgan fingerprint density at radius 3 is 2.71 bits per heavy atom. The normalized spacial score (nSPS) is 34.6. The highest BCUT2D eigenvalue weighted by atomic mass is 16.3. The number of nitrogens with zero attached hydrogens (tertiary/aromatic N) is 1. The molecule has 0 radical (unpaired) electrons. The van der Waals surface area contributed by atoms with Crippen molar-refractivity contribution in [3.05, 3.63) is 0 Å². The van der Waals surface area contributed by atoms with Crippen LogP contribution in [0.2, 0.25) is 0 Å². The number of nitrogens with two attached hydrogens (primary N) is 1. The Bertz CT molecular complexity index is 249. The molecular formula is C10H18N2O2. The molecule has 0 aromatic heterocycles. The first kappa shape index (κ1) is 9.93. The van der Waals surface area contributed by atoms with Crippen LogP contribution in [0.25, 0.3) is 0 Å². The molecule has 1 aliphatic heterocycles. The van der Waals surface area contributed by atoms with Gasteiger partial charge in [0.25, 0.3) is 0 Å². The van der Waals surface area contributed by atoms with Gasteiger partial charge in [-0.1, -0.05) is 0 Å². The van der Waals surface area contributed by atoms with Gasteiger partial charge in [-0.25, -0.2) is 0 Å². The summed E-state index contributed by atoms with van der Waals surface area (Å²) >= 11 is 0. The summed E-state index contributed by atoms with van der Waals surface area (Å²) < 4.78 is 0. The van der Waals surface area contributed by atoms with Gasteiger partial charge in [-0.2, -0.15) is 0 Å². The minimum Gasteiger partial charge on any atom is -0.388 e. The van der Waals surface area contributed by atoms with Crippen LogP contribution in [0.3, 0.4) is 0 Å². The molecule has 4 nitrogen and oxygen atoms in total. The van der Waals surface area contributed by atoms with Gasteiger partial charge in [-0.15, -0.1) is 0 Å². The molecule has 1 heterocycles. The monoisotopic (exact) mass is 198 g/mol. The van der Waals surface area contributed by atoms with E-state index in [0.29, 0.717) is 25.4 Å². The van der Waals surface area contributed by atoms with E-state index in [0.717, 1.165) is 12.8 Å². The number of rotatable bonds is 2. The lowest BCUT2D eigenvalue weighted by atomic mass is 10.1. The zero-order valence-electron chi connectivity index (χ0n) is 8.57. The van der Waals surface area contributed by atoms with Gasteiger partial charge in [0.2, 0.25) is 5.91 Å². The van der Waals surface area contributed by atoms with Crippen molar-refractivity contribution in [1.82, 2.24) is 4.90 Å². The van der Waals surface area contributed by atoms with Crippen molar-refractivity contribution in [2.24, 2.45) is 11.7 Å². The van der Waals surface area contributed by atoms with E-state index in [1.807, 2.05) is 0 Å². The minimum absolute atomic E-state index is 0.0188. The molecular weight excluding hydrogens is 180 g/mol. The van der Waals surface area contributed by atoms with Crippen LogP contribution >= 0.6 is 0 Å². The molecule has 2 fully saturated rings. The summed E-state index contributed by atoms with van der Waals surface area (Å²) in [5, 5.41) is 9.72. The first-order chi connectivity index (χ1) is 6.49. The predicted molar refractivity (Wildman–Crippen MR) is 52.5 cm³/mol. The number of aliphatic hydroxyl groups is 1. The lowest BCUT2D eigenvalue weighted by Crippen LogP contribution is -2.45. The topological polar surface area (TPSA) is 66.6 Å². The van der Waals surface area contributed by atoms with Gasteiger partial charge in [0.05, 0.1) is 11.6 Å². The molecule has 14 heavy (non-hydrogen) atoms. The summed E-state index contributed by atoms with van der Waals surface area (Å²) in [5.74, 6) is 0.415. The Morgan fingerprint density at radius 1 is 1.64 bits per heavy atom. The van der Waals surface area contributed by atoms with Gasteiger partial charge in [0.15, 0.2) is 0 Å². The number of hydrogen-bond acceptors (Lipinski definition) is 3. The van der Waals surface area contributed by atoms with E-state index in [1.54, 1.807) is 11.8 Å². The first-order valence-electron chi connectivity index (χ1n) is 5.26. The summed E-state index contributed by atoms with van der Waals surface area (Å²) in [6, 6.07) is -0.330. The van der Waals surface area contributed by atoms with E-state index in [2.05, 4.69) is 0 Å². The second kappa shape index (κ2) is 3.21. The van der Waals surface area contributed by atoms with Gasteiger partial charge in [0, 0.05) is 13.1 Å². The molecule has 1 saturated carbocycles. The van der Waals surface area contributed by atoms with Crippen LogP contribution in [0, 0.1) is 5.92 Å². The molecule has 3 N–H and O–H groups in total. The van der Waals surface area contributed by atoms with Crippen LogP contribution in [0.1, 0.15) is 26.2 Å². The fourth-order valence-electron chi connectivity index (χ4n) is 2.00. The Kier molecular flexibility index (Phi) is 2.27. The van der Waals surface area contributed by atoms with E-state index < -0.39 is 5.60 Å². The van der Waals surface area contributed by atoms with Gasteiger partial charge in [-0.3, -0.25) is 4.79 Å². The van der Waals surface area contributed by atoms with E-state index in [-0.39, 0.29) is 11.9 Å². The van der Waals surface area contributed by atoms with Crippen LogP contribution in [-0.4, -0.2) is 40.6 Å². The van der Waals surface area contributed by atoms with Crippen molar-refractivity contribution in [2.45, 2.75) is 37.8 Å². The number of carbonyl (C=O) groups excluding carboxylic acids is 1. The molecule has 0 aromatic rings. The molecule has 0 aromatic carbocycles. The molecule has 1 aliphatic carbocycles. The Labute approximate surface area is 84.1 Å². The Hall–Kier alpha value is -0.610. The largest absolute Gasteiger partial charge is 0.388 e. The van der Waals surface area contributed by atoms with Crippen molar-refractivity contribution < 1.29 is 9.90 Å². The maximum absolute atomic E-state index is 11.8. The van der Waals surface area contributed by atoms with E-state index in [1.165, 1.54) is 0 Å². The minimum atomic E-state index is -0.709. The molecule has 0 bridgehead atoms. The maximum Gasteiger partial charge on any atom is 0.239 e. The number of carbonyl (C=O) groups is 1. The lowest BCUT2D eigenvalue weighted by molar-refractivity contribution is -0.132. The van der Waals surface area contributed by atoms with Gasteiger partial charge in [-0.05, 0) is 32.1 Å². The molecule has 2 atom stereocenters. The quantitative estimate of drug-likeness (QED) is 0.640. The fourth-order valence-corrected chi connectivity index (χ4v) is 2.00. The SMILES string of the molecule is CC1(O)CCN(C(=O)C(N)C2CC2)C1. The fraction of sp³-hybridized carbons (Fsp3) is 0.900. The smallest absolute Gasteiger partial charge is 0.239 e. The van der Waals surface area contributed by atoms with Crippen LogP contribution in [0.15, 0.2) is 0 Å². The predicted octanol–water partition coefficient (Wildman–Crippen LogP) is -0.293. The molecule has 2 aliphatic rings. The maximum atomic E-state index is 11.8. The van der Waals surface area contributed by atoms with Crippen LogP contribution in [0.4, 0.5) is 0 Å². The number of amides is 1. The number of β-amino-alcohol motifs (C(OH)–C–C–N with tert-alkyl or cyclic N) is 1. The summed E-state index contributed by atoms with van der Waals surface area (Å²) in [4.78, 5) is 13.5. The Morgan fingerprint density at radius 2 is 2.29 bits per heavy atom. The summed E-state index contributed by atoms with van der Waals surface area (Å²) in [6.07, 6.45) is 2.82. The van der Waals surface area contributed by atoms with Crippen LogP contribution in [-0.2, 0) is 4.79 Å². The van der Waals surface area contributed by atoms with Gasteiger partial charge in [0.1, 0.15) is 0 Å². The third-order valence-electron chi connectivity index (χ3n) is 3.18. The third kappa shape index (κ3) is 1.91. The highest BCUT2D eigenvalue weighted by molar-refractivity contribution is 5.82. The molecule has 0 spiro atoms. The molecule has 2 unspecified atom stereocenters. The van der Waals surface area contributed by atoms with E-state index >= 15 is 0 Å². The highest BCUT2D eigenvalue weighted by Gasteiger charge is 2.40. The van der Waals surface area contributed by atoms with Gasteiger partial charge < -0.3 is 15.7 Å². The van der Waals surface area contributed by atoms with Gasteiger partial charge >= 0.3 is 0 Å². The van der Waals surface area contributed by atoms with Crippen molar-refractivity contribution in [3.8, 4) is 0 Å². The molecule has 1 amide bonds. The van der Waals surface area contributed by atoms with Crippen molar-refractivity contribution in [1.29, 1.82) is 0 Å². The lowest BCUT2D eigenvalue weighted by Gasteiger charge is -2.22. The average molecular weight is 198 g/mol. The first-order valence-corrected chi connectivity index (χ1v) is 5.26. The zero-order valence-corrected chi connectivity index (χ0v) is 8.57. The second-order valence-electron chi connectivity index (χ2n) is 4.87. The molecule has 1 saturated heterocycles. The molecule has 80 valence electrons. The zero-order chi connectivity index (χ0) is 10.3. The standard InChI is InChI=1S/C10H18N2O2/c1-10(14)4-5-12(6-10)9(13)8(11)7-2-3-7/h7-8,14H,2-6,11H2,1H3. The van der Waals surface area contributed by atoms with E-state index in [9.17, 15) is 9.90 Å². The van der Waals surface area contributed by atoms with Crippen molar-refractivity contribution >= 4 is 5.91 Å². The summed E-state index contributed by atoms with van der Waals surface area (Å²) in [6.45, 7) is 2.85. The van der Waals surface area contributed by atoms with Crippen molar-refractivity contribution in [2.75, 3.05) is 13.1 Å².